The summed E-state index contributed by atoms with van der Waals surface area (Å²) in [7, 11) is 0. The average Bonchev–Trinajstić information content (AvgIpc) is 3.60. The van der Waals surface area contributed by atoms with Crippen molar-refractivity contribution in [1.29, 1.82) is 0 Å². The van der Waals surface area contributed by atoms with Gasteiger partial charge in [0.15, 0.2) is 4.96 Å². The lowest BCUT2D eigenvalue weighted by Gasteiger charge is -2.24. The molecule has 34 heavy (non-hydrogen) atoms. The molecule has 0 spiro atoms. The van der Waals surface area contributed by atoms with Crippen molar-refractivity contribution >= 4 is 45.4 Å². The normalized spacial score (nSPS) is 12.2. The van der Waals surface area contributed by atoms with E-state index in [2.05, 4.69) is 9.78 Å². The van der Waals surface area contributed by atoms with Crippen LogP contribution in [0.15, 0.2) is 89.0 Å². The third-order valence-electron chi connectivity index (χ3n) is 5.61. The second-order valence-electron chi connectivity index (χ2n) is 7.88. The summed E-state index contributed by atoms with van der Waals surface area (Å²) in [5, 5.41) is 2.02. The fraction of sp³-hybridized carbons (Fsp3) is 0.154. The number of nitrogens with zero attached hydrogens (tertiary/aromatic N) is 3. The maximum atomic E-state index is 13.3. The molecule has 1 unspecified atom stereocenters. The second kappa shape index (κ2) is 10.1. The lowest BCUT2D eigenvalue weighted by atomic mass is 10.1. The van der Waals surface area contributed by atoms with E-state index in [0.717, 1.165) is 27.5 Å². The molecule has 2 aromatic carbocycles. The first-order chi connectivity index (χ1) is 16.6. The first kappa shape index (κ1) is 22.7. The van der Waals surface area contributed by atoms with Crippen molar-refractivity contribution in [2.45, 2.75) is 18.3 Å². The van der Waals surface area contributed by atoms with Gasteiger partial charge in [-0.1, -0.05) is 54.1 Å². The second-order valence-corrected chi connectivity index (χ2v) is 9.58. The molecule has 0 N–H and O–H groups in total. The molecule has 1 atom stereocenters. The van der Waals surface area contributed by atoms with Crippen LogP contribution in [-0.4, -0.2) is 26.7 Å². The van der Waals surface area contributed by atoms with Crippen molar-refractivity contribution in [3.63, 3.8) is 0 Å². The van der Waals surface area contributed by atoms with Crippen LogP contribution in [0.1, 0.15) is 22.4 Å². The maximum Gasteiger partial charge on any atom is 0.245 e. The van der Waals surface area contributed by atoms with Crippen LogP contribution >= 0.6 is 34.5 Å². The molecule has 3 aromatic heterocycles. The minimum absolute atomic E-state index is 0.150. The Hall–Kier alpha value is -3.06. The Labute approximate surface area is 211 Å². The van der Waals surface area contributed by atoms with Crippen LogP contribution in [0, 0.1) is 0 Å². The van der Waals surface area contributed by atoms with Crippen molar-refractivity contribution in [3.8, 4) is 11.3 Å². The first-order valence-electron chi connectivity index (χ1n) is 10.8. The fourth-order valence-corrected chi connectivity index (χ4v) is 5.12. The van der Waals surface area contributed by atoms with Crippen LogP contribution in [-0.2, 0) is 17.8 Å². The minimum atomic E-state index is -0.761. The number of imidazole rings is 1. The lowest BCUT2D eigenvalue weighted by Crippen LogP contribution is -2.35. The fourth-order valence-electron chi connectivity index (χ4n) is 3.80. The summed E-state index contributed by atoms with van der Waals surface area (Å²) in [6.45, 7) is 0.852. The molecular weight excluding hydrogens is 489 g/mol. The zero-order valence-electron chi connectivity index (χ0n) is 18.1. The highest BCUT2D eigenvalue weighted by Gasteiger charge is 2.25. The number of aromatic nitrogens is 2. The Bertz CT molecular complexity index is 1380. The lowest BCUT2D eigenvalue weighted by molar-refractivity contribution is -0.131. The van der Waals surface area contributed by atoms with Crippen molar-refractivity contribution in [1.82, 2.24) is 14.3 Å². The first-order valence-corrected chi connectivity index (χ1v) is 12.5. The van der Waals surface area contributed by atoms with Crippen molar-refractivity contribution in [3.05, 3.63) is 107 Å². The summed E-state index contributed by atoms with van der Waals surface area (Å²) < 4.78 is 7.59. The van der Waals surface area contributed by atoms with Gasteiger partial charge < -0.3 is 9.32 Å². The van der Waals surface area contributed by atoms with E-state index in [1.807, 2.05) is 72.9 Å². The number of hydrogen-bond acceptors (Lipinski definition) is 4. The summed E-state index contributed by atoms with van der Waals surface area (Å²) in [5.41, 5.74) is 3.75. The summed E-state index contributed by atoms with van der Waals surface area (Å²) in [4.78, 5) is 20.7. The zero-order valence-corrected chi connectivity index (χ0v) is 20.4. The van der Waals surface area contributed by atoms with Gasteiger partial charge in [0.05, 0.1) is 18.5 Å². The summed E-state index contributed by atoms with van der Waals surface area (Å²) >= 11 is 14.2. The monoisotopic (exact) mass is 509 g/mol. The third-order valence-corrected chi connectivity index (χ3v) is 7.19. The number of furan rings is 1. The van der Waals surface area contributed by atoms with Crippen LogP contribution in [0.2, 0.25) is 5.02 Å². The van der Waals surface area contributed by atoms with E-state index in [4.69, 9.17) is 32.6 Å². The highest BCUT2D eigenvalue weighted by molar-refractivity contribution is 7.15. The van der Waals surface area contributed by atoms with E-state index in [0.29, 0.717) is 30.3 Å². The summed E-state index contributed by atoms with van der Waals surface area (Å²) in [6, 6.07) is 20.7. The van der Waals surface area contributed by atoms with Gasteiger partial charge in [0, 0.05) is 40.8 Å². The largest absolute Gasteiger partial charge is 0.467 e. The number of carbonyl (C=O) groups is 1. The third kappa shape index (κ3) is 4.89. The van der Waals surface area contributed by atoms with Crippen LogP contribution < -0.4 is 0 Å². The molecule has 5 nitrogen and oxygen atoms in total. The molecule has 172 valence electrons. The number of benzene rings is 2. The van der Waals surface area contributed by atoms with Crippen LogP contribution in [0.3, 0.4) is 0 Å². The van der Waals surface area contributed by atoms with E-state index < -0.39 is 5.38 Å². The van der Waals surface area contributed by atoms with E-state index >= 15 is 0 Å². The standard InChI is InChI=1S/C26H21Cl2N3O2S/c27-20-10-8-18(9-11-20)23-16-31-21(17-34-26(31)29-23)12-13-30(15-22-7-4-14-33-22)25(32)24(28)19-5-2-1-3-6-19/h1-11,14,16-17,24H,12-13,15H2. The SMILES string of the molecule is O=C(C(Cl)c1ccccc1)N(CCc1csc2nc(-c3ccc(Cl)cc3)cn12)Cc1ccco1. The van der Waals surface area contributed by atoms with Crippen molar-refractivity contribution in [2.75, 3.05) is 6.54 Å². The van der Waals surface area contributed by atoms with Gasteiger partial charge in [-0.2, -0.15) is 0 Å². The van der Waals surface area contributed by atoms with Gasteiger partial charge in [0.25, 0.3) is 0 Å². The number of fused-ring (bicyclic) bond motifs is 1. The molecule has 0 fully saturated rings. The van der Waals surface area contributed by atoms with Crippen LogP contribution in [0.25, 0.3) is 16.2 Å². The van der Waals surface area contributed by atoms with E-state index in [9.17, 15) is 4.79 Å². The molecule has 0 aliphatic carbocycles. The smallest absolute Gasteiger partial charge is 0.245 e. The molecule has 0 radical (unpaired) electrons. The number of halogens is 2. The quantitative estimate of drug-likeness (QED) is 0.214. The van der Waals surface area contributed by atoms with Gasteiger partial charge in [0.2, 0.25) is 5.91 Å². The predicted octanol–water partition coefficient (Wildman–Crippen LogP) is 6.86. The van der Waals surface area contributed by atoms with Gasteiger partial charge in [-0.05, 0) is 29.8 Å². The van der Waals surface area contributed by atoms with Gasteiger partial charge in [-0.25, -0.2) is 4.98 Å². The van der Waals surface area contributed by atoms with E-state index in [-0.39, 0.29) is 5.91 Å². The molecule has 1 amide bonds. The van der Waals surface area contributed by atoms with Gasteiger partial charge in [-0.15, -0.1) is 22.9 Å². The number of carbonyl (C=O) groups excluding carboxylic acids is 1. The van der Waals surface area contributed by atoms with Gasteiger partial charge in [0.1, 0.15) is 11.1 Å². The van der Waals surface area contributed by atoms with Crippen LogP contribution in [0.4, 0.5) is 0 Å². The molecule has 0 aliphatic rings. The Balaban J connectivity index is 1.36. The molecule has 0 aliphatic heterocycles. The Morgan fingerprint density at radius 3 is 2.62 bits per heavy atom. The topological polar surface area (TPSA) is 50.8 Å². The number of alkyl halides is 1. The maximum absolute atomic E-state index is 13.3. The number of amides is 1. The molecule has 0 saturated heterocycles. The highest BCUT2D eigenvalue weighted by atomic mass is 35.5. The summed E-state index contributed by atoms with van der Waals surface area (Å²) in [5.74, 6) is 0.566. The van der Waals surface area contributed by atoms with Crippen molar-refractivity contribution in [2.24, 2.45) is 0 Å². The van der Waals surface area contributed by atoms with Crippen LogP contribution in [0.5, 0.6) is 0 Å². The molecule has 3 heterocycles. The van der Waals surface area contributed by atoms with E-state index in [1.54, 1.807) is 22.5 Å². The zero-order chi connectivity index (χ0) is 23.5. The molecule has 0 saturated carbocycles. The average molecular weight is 510 g/mol. The Kier molecular flexibility index (Phi) is 6.72. The Morgan fingerprint density at radius 2 is 1.88 bits per heavy atom. The number of thiazole rings is 1. The van der Waals surface area contributed by atoms with E-state index in [1.165, 1.54) is 0 Å². The molecule has 0 bridgehead atoms. The number of hydrogen-bond donors (Lipinski definition) is 0. The molecular formula is C26H21Cl2N3O2S. The molecule has 8 heteroatoms. The molecule has 5 rings (SSSR count). The minimum Gasteiger partial charge on any atom is -0.467 e. The highest BCUT2D eigenvalue weighted by Crippen LogP contribution is 2.27. The number of rotatable bonds is 8. The molecule has 5 aromatic rings. The van der Waals surface area contributed by atoms with Gasteiger partial charge in [-0.3, -0.25) is 9.20 Å². The summed E-state index contributed by atoms with van der Waals surface area (Å²) in [6.07, 6.45) is 4.29. The van der Waals surface area contributed by atoms with Gasteiger partial charge >= 0.3 is 0 Å². The van der Waals surface area contributed by atoms with Crippen molar-refractivity contribution < 1.29 is 9.21 Å². The predicted molar refractivity (Wildman–Crippen MR) is 136 cm³/mol. The Morgan fingerprint density at radius 1 is 1.09 bits per heavy atom.